The minimum atomic E-state index is -1.14. The first-order valence-corrected chi connectivity index (χ1v) is 14.3. The van der Waals surface area contributed by atoms with E-state index in [1.54, 1.807) is 55.8 Å². The zero-order valence-corrected chi connectivity index (χ0v) is 23.8. The van der Waals surface area contributed by atoms with Crippen molar-refractivity contribution in [3.63, 3.8) is 0 Å². The number of ether oxygens (including phenoxy) is 2. The molecule has 40 heavy (non-hydrogen) atoms. The van der Waals surface area contributed by atoms with E-state index in [-0.39, 0.29) is 31.7 Å². The summed E-state index contributed by atoms with van der Waals surface area (Å²) in [4.78, 5) is 16.3. The van der Waals surface area contributed by atoms with Crippen LogP contribution in [0.3, 0.4) is 0 Å². The number of halogens is 1. The average Bonchev–Trinajstić information content (AvgIpc) is 3.40. The molecule has 0 radical (unpaired) electrons. The fraction of sp³-hybridized carbons (Fsp3) is 0.323. The number of fused-ring (bicyclic) bond motifs is 1. The van der Waals surface area contributed by atoms with E-state index >= 15 is 4.39 Å². The highest BCUT2D eigenvalue weighted by Crippen LogP contribution is 2.34. The first kappa shape index (κ1) is 29.0. The van der Waals surface area contributed by atoms with Gasteiger partial charge in [0.25, 0.3) is 0 Å². The number of nitriles is 1. The van der Waals surface area contributed by atoms with Gasteiger partial charge in [0.2, 0.25) is 0 Å². The normalized spacial score (nSPS) is 12.2. The summed E-state index contributed by atoms with van der Waals surface area (Å²) in [5.74, 6) is -0.182. The number of carbonyl (C=O) groups excluding carboxylic acids is 1. The number of hydrogen-bond acceptors (Lipinski definition) is 7. The third kappa shape index (κ3) is 6.75. The molecule has 0 unspecified atom stereocenters. The number of pyridine rings is 1. The Morgan fingerprint density at radius 1 is 1.15 bits per heavy atom. The smallest absolute Gasteiger partial charge is 0.310 e. The number of benzene rings is 2. The molecule has 2 aromatic carbocycles. The Balaban J connectivity index is 1.64. The summed E-state index contributed by atoms with van der Waals surface area (Å²) in [6.07, 6.45) is 3.33. The summed E-state index contributed by atoms with van der Waals surface area (Å²) in [6.45, 7) is 7.77. The maximum absolute atomic E-state index is 15.7. The molecule has 0 saturated heterocycles. The number of furan rings is 1. The summed E-state index contributed by atoms with van der Waals surface area (Å²) < 4.78 is 44.7. The Hall–Kier alpha value is -4.03. The lowest BCUT2D eigenvalue weighted by Gasteiger charge is -2.17. The Labute approximate surface area is 235 Å². The van der Waals surface area contributed by atoms with Crippen molar-refractivity contribution in [2.75, 3.05) is 12.4 Å². The number of rotatable bonds is 10. The van der Waals surface area contributed by atoms with Crippen molar-refractivity contribution < 1.29 is 27.3 Å². The molecule has 4 rings (SSSR count). The van der Waals surface area contributed by atoms with E-state index in [2.05, 4.69) is 11.1 Å². The summed E-state index contributed by atoms with van der Waals surface area (Å²) in [5.41, 5.74) is 3.35. The fourth-order valence-corrected chi connectivity index (χ4v) is 5.22. The Morgan fingerprint density at radius 3 is 2.67 bits per heavy atom. The Bertz CT molecular complexity index is 1600. The summed E-state index contributed by atoms with van der Waals surface area (Å²) in [6, 6.07) is 14.0. The molecule has 0 bridgehead atoms. The lowest BCUT2D eigenvalue weighted by molar-refractivity contribution is -0.142. The predicted octanol–water partition coefficient (Wildman–Crippen LogP) is 6.28. The highest BCUT2D eigenvalue weighted by atomic mass is 32.2. The number of esters is 1. The van der Waals surface area contributed by atoms with Crippen LogP contribution in [0.2, 0.25) is 0 Å². The van der Waals surface area contributed by atoms with Gasteiger partial charge < -0.3 is 13.9 Å². The molecule has 0 aliphatic carbocycles. The maximum atomic E-state index is 15.7. The monoisotopic (exact) mass is 562 g/mol. The Morgan fingerprint density at radius 2 is 1.95 bits per heavy atom. The van der Waals surface area contributed by atoms with Crippen LogP contribution < -0.4 is 4.74 Å². The third-order valence-corrected chi connectivity index (χ3v) is 8.24. The molecule has 0 N–H and O–H groups in total. The van der Waals surface area contributed by atoms with Gasteiger partial charge in [-0.3, -0.25) is 14.0 Å². The van der Waals surface area contributed by atoms with Crippen molar-refractivity contribution in [1.29, 1.82) is 5.26 Å². The highest BCUT2D eigenvalue weighted by molar-refractivity contribution is 7.86. The molecule has 0 fully saturated rings. The van der Waals surface area contributed by atoms with Gasteiger partial charge in [-0.1, -0.05) is 6.07 Å². The van der Waals surface area contributed by atoms with Crippen molar-refractivity contribution in [3.05, 3.63) is 83.1 Å². The number of nitrogens with zero attached hydrogens (tertiary/aromatic N) is 2. The molecule has 9 heteroatoms. The van der Waals surface area contributed by atoms with Crippen molar-refractivity contribution in [1.82, 2.24) is 4.98 Å². The molecule has 0 spiro atoms. The van der Waals surface area contributed by atoms with Gasteiger partial charge in [0.05, 0.1) is 36.6 Å². The number of aromatic nitrogens is 1. The van der Waals surface area contributed by atoms with Crippen LogP contribution in [0.5, 0.6) is 5.75 Å². The molecule has 1 atom stereocenters. The van der Waals surface area contributed by atoms with Crippen LogP contribution >= 0.6 is 0 Å². The van der Waals surface area contributed by atoms with Gasteiger partial charge in [0.15, 0.2) is 5.82 Å². The lowest BCUT2D eigenvalue weighted by atomic mass is 9.99. The van der Waals surface area contributed by atoms with Gasteiger partial charge in [-0.05, 0) is 69.7 Å². The molecule has 2 heterocycles. The minimum absolute atomic E-state index is 0.00586. The summed E-state index contributed by atoms with van der Waals surface area (Å²) >= 11 is 0. The molecule has 7 nitrogen and oxygen atoms in total. The van der Waals surface area contributed by atoms with Crippen molar-refractivity contribution in [2.24, 2.45) is 0 Å². The standard InChI is InChI=1S/C31H31FN2O5S/c1-5-37-28(35)17-22-7-6-20(18-33)16-27(22)39-19-21-14-23-9-12-38-30(23)25(15-21)24-8-11-34-26(29(24)32)10-13-40(36)31(2,3)4/h6-9,11-12,14-16H,5,10,13,17,19H2,1-4H3/t40-/m1/s1. The first-order valence-electron chi connectivity index (χ1n) is 12.9. The van der Waals surface area contributed by atoms with Crippen LogP contribution in [0.1, 0.15) is 50.1 Å². The minimum Gasteiger partial charge on any atom is -0.489 e. The fourth-order valence-electron chi connectivity index (χ4n) is 4.23. The SMILES string of the molecule is CCOC(=O)Cc1ccc(C#N)cc1OCc1cc(-c2ccnc(CC[S@@](=O)C(C)(C)C)c2F)c2occc2c1. The van der Waals surface area contributed by atoms with E-state index in [1.165, 1.54) is 0 Å². The average molecular weight is 563 g/mol. The van der Waals surface area contributed by atoms with Crippen LogP contribution in [-0.4, -0.2) is 32.3 Å². The topological polar surface area (TPSA) is 102 Å². The second kappa shape index (κ2) is 12.4. The van der Waals surface area contributed by atoms with Crippen LogP contribution in [-0.2, 0) is 39.8 Å². The highest BCUT2D eigenvalue weighted by Gasteiger charge is 2.22. The first-order chi connectivity index (χ1) is 19.1. The molecule has 2 aromatic heterocycles. The van der Waals surface area contributed by atoms with Crippen molar-refractivity contribution in [3.8, 4) is 22.9 Å². The lowest BCUT2D eigenvalue weighted by Crippen LogP contribution is -2.25. The number of aryl methyl sites for hydroxylation is 1. The zero-order valence-electron chi connectivity index (χ0n) is 23.0. The van der Waals surface area contributed by atoms with E-state index in [9.17, 15) is 14.3 Å². The second-order valence-electron chi connectivity index (χ2n) is 10.2. The largest absolute Gasteiger partial charge is 0.489 e. The zero-order chi connectivity index (χ0) is 28.9. The van der Waals surface area contributed by atoms with Gasteiger partial charge in [-0.2, -0.15) is 5.26 Å². The quantitative estimate of drug-likeness (QED) is 0.210. The second-order valence-corrected chi connectivity index (χ2v) is 12.5. The maximum Gasteiger partial charge on any atom is 0.310 e. The van der Waals surface area contributed by atoms with E-state index in [0.717, 1.165) is 10.9 Å². The van der Waals surface area contributed by atoms with E-state index in [4.69, 9.17) is 13.9 Å². The third-order valence-electron chi connectivity index (χ3n) is 6.30. The van der Waals surface area contributed by atoms with E-state index < -0.39 is 27.3 Å². The van der Waals surface area contributed by atoms with Crippen molar-refractivity contribution >= 4 is 27.7 Å². The van der Waals surface area contributed by atoms with Gasteiger partial charge in [-0.25, -0.2) is 4.39 Å². The molecular weight excluding hydrogens is 531 g/mol. The van der Waals surface area contributed by atoms with Crippen LogP contribution in [0, 0.1) is 17.1 Å². The Kier molecular flexibility index (Phi) is 9.00. The molecule has 208 valence electrons. The van der Waals surface area contributed by atoms with Crippen LogP contribution in [0.4, 0.5) is 4.39 Å². The molecule has 0 aliphatic heterocycles. The molecule has 4 aromatic rings. The summed E-state index contributed by atoms with van der Waals surface area (Å²) in [7, 11) is -1.14. The van der Waals surface area contributed by atoms with Crippen LogP contribution in [0.25, 0.3) is 22.1 Å². The molecule has 0 aliphatic rings. The van der Waals surface area contributed by atoms with Gasteiger partial charge in [0.1, 0.15) is 17.9 Å². The molecule has 0 saturated carbocycles. The molecule has 0 amide bonds. The van der Waals surface area contributed by atoms with Gasteiger partial charge in [0, 0.05) is 56.0 Å². The van der Waals surface area contributed by atoms with E-state index in [0.29, 0.717) is 39.3 Å². The number of carbonyl (C=O) groups is 1. The number of hydrogen-bond donors (Lipinski definition) is 0. The van der Waals surface area contributed by atoms with Crippen molar-refractivity contribution in [2.45, 2.75) is 51.9 Å². The van der Waals surface area contributed by atoms with Crippen LogP contribution in [0.15, 0.2) is 59.3 Å². The summed E-state index contributed by atoms with van der Waals surface area (Å²) in [5, 5.41) is 10.1. The van der Waals surface area contributed by atoms with Gasteiger partial charge in [-0.15, -0.1) is 0 Å². The van der Waals surface area contributed by atoms with Gasteiger partial charge >= 0.3 is 5.97 Å². The van der Waals surface area contributed by atoms with E-state index in [1.807, 2.05) is 26.8 Å². The predicted molar refractivity (Wildman–Crippen MR) is 152 cm³/mol. The molecular formula is C31H31FN2O5S.